The highest BCUT2D eigenvalue weighted by Gasteiger charge is 2.17. The lowest BCUT2D eigenvalue weighted by Gasteiger charge is -2.09. The van der Waals surface area contributed by atoms with Gasteiger partial charge in [-0.2, -0.15) is 0 Å². The SMILES string of the molecule is CCS(=O)(=O)c1ccc(F)c(-c2cc(C)nc3[nH]ccc23)c1. The fourth-order valence-electron chi connectivity index (χ4n) is 2.46. The summed E-state index contributed by atoms with van der Waals surface area (Å²) in [6, 6.07) is 7.47. The zero-order chi connectivity index (χ0) is 15.9. The number of aromatic amines is 1. The molecule has 3 aromatic rings. The van der Waals surface area contributed by atoms with Crippen molar-refractivity contribution < 1.29 is 12.8 Å². The van der Waals surface area contributed by atoms with E-state index in [2.05, 4.69) is 9.97 Å². The van der Waals surface area contributed by atoms with Crippen molar-refractivity contribution in [2.75, 3.05) is 5.75 Å². The summed E-state index contributed by atoms with van der Waals surface area (Å²) in [4.78, 5) is 7.47. The molecule has 22 heavy (non-hydrogen) atoms. The molecule has 1 aromatic carbocycles. The van der Waals surface area contributed by atoms with Gasteiger partial charge in [0.2, 0.25) is 0 Å². The molecule has 114 valence electrons. The van der Waals surface area contributed by atoms with Gasteiger partial charge < -0.3 is 4.98 Å². The zero-order valence-electron chi connectivity index (χ0n) is 12.2. The lowest BCUT2D eigenvalue weighted by Crippen LogP contribution is -2.04. The lowest BCUT2D eigenvalue weighted by molar-refractivity contribution is 0.596. The van der Waals surface area contributed by atoms with Gasteiger partial charge in [0.1, 0.15) is 11.5 Å². The van der Waals surface area contributed by atoms with Gasteiger partial charge in [0, 0.05) is 22.8 Å². The van der Waals surface area contributed by atoms with Crippen molar-refractivity contribution in [3.05, 3.63) is 48.0 Å². The summed E-state index contributed by atoms with van der Waals surface area (Å²) >= 11 is 0. The number of sulfone groups is 1. The van der Waals surface area contributed by atoms with E-state index in [-0.39, 0.29) is 16.2 Å². The summed E-state index contributed by atoms with van der Waals surface area (Å²) in [7, 11) is -3.39. The third-order valence-electron chi connectivity index (χ3n) is 3.62. The van der Waals surface area contributed by atoms with Crippen LogP contribution in [-0.2, 0) is 9.84 Å². The maximum atomic E-state index is 14.3. The van der Waals surface area contributed by atoms with Crippen LogP contribution in [0.15, 0.2) is 41.4 Å². The molecule has 0 saturated heterocycles. The molecule has 0 aliphatic carbocycles. The van der Waals surface area contributed by atoms with E-state index in [0.29, 0.717) is 11.2 Å². The van der Waals surface area contributed by atoms with E-state index < -0.39 is 15.7 Å². The lowest BCUT2D eigenvalue weighted by atomic mass is 10.0. The van der Waals surface area contributed by atoms with Crippen molar-refractivity contribution in [2.45, 2.75) is 18.7 Å². The first-order chi connectivity index (χ1) is 10.4. The normalized spacial score (nSPS) is 12.0. The van der Waals surface area contributed by atoms with Crippen molar-refractivity contribution >= 4 is 20.9 Å². The molecule has 0 saturated carbocycles. The Morgan fingerprint density at radius 2 is 1.95 bits per heavy atom. The summed E-state index contributed by atoms with van der Waals surface area (Å²) in [6.07, 6.45) is 1.73. The minimum absolute atomic E-state index is 0.0208. The van der Waals surface area contributed by atoms with Crippen LogP contribution < -0.4 is 0 Å². The Morgan fingerprint density at radius 1 is 1.18 bits per heavy atom. The number of nitrogens with one attached hydrogen (secondary N) is 1. The molecule has 2 aromatic heterocycles. The average molecular weight is 318 g/mol. The second kappa shape index (κ2) is 5.21. The highest BCUT2D eigenvalue weighted by molar-refractivity contribution is 7.91. The molecular formula is C16H15FN2O2S. The third kappa shape index (κ3) is 2.39. The van der Waals surface area contributed by atoms with Crippen LogP contribution in [0.3, 0.4) is 0 Å². The molecule has 0 aliphatic rings. The van der Waals surface area contributed by atoms with E-state index >= 15 is 0 Å². The van der Waals surface area contributed by atoms with Gasteiger partial charge >= 0.3 is 0 Å². The number of fused-ring (bicyclic) bond motifs is 1. The predicted octanol–water partition coefficient (Wildman–Crippen LogP) is 3.47. The number of benzene rings is 1. The summed E-state index contributed by atoms with van der Waals surface area (Å²) in [5, 5.41) is 0.760. The Morgan fingerprint density at radius 3 is 2.68 bits per heavy atom. The smallest absolute Gasteiger partial charge is 0.178 e. The van der Waals surface area contributed by atoms with Crippen LogP contribution in [0.2, 0.25) is 0 Å². The van der Waals surface area contributed by atoms with Crippen LogP contribution in [0.4, 0.5) is 4.39 Å². The number of H-pyrrole nitrogens is 1. The van der Waals surface area contributed by atoms with E-state index in [4.69, 9.17) is 0 Å². The van der Waals surface area contributed by atoms with Gasteiger partial charge in [-0.05, 0) is 42.8 Å². The van der Waals surface area contributed by atoms with E-state index in [0.717, 1.165) is 11.1 Å². The van der Waals surface area contributed by atoms with Gasteiger partial charge in [-0.3, -0.25) is 0 Å². The Labute approximate surface area is 127 Å². The average Bonchev–Trinajstić information content (AvgIpc) is 2.95. The van der Waals surface area contributed by atoms with Gasteiger partial charge in [0.15, 0.2) is 9.84 Å². The van der Waals surface area contributed by atoms with Crippen LogP contribution in [-0.4, -0.2) is 24.1 Å². The van der Waals surface area contributed by atoms with Gasteiger partial charge in [0.25, 0.3) is 0 Å². The maximum Gasteiger partial charge on any atom is 0.178 e. The summed E-state index contributed by atoms with van der Waals surface area (Å²) in [5.74, 6) is -0.476. The highest BCUT2D eigenvalue weighted by atomic mass is 32.2. The summed E-state index contributed by atoms with van der Waals surface area (Å²) in [5.41, 5.74) is 2.28. The Balaban J connectivity index is 2.31. The minimum atomic E-state index is -3.39. The Hall–Kier alpha value is -2.21. The van der Waals surface area contributed by atoms with Crippen molar-refractivity contribution in [3.8, 4) is 11.1 Å². The van der Waals surface area contributed by atoms with Crippen LogP contribution >= 0.6 is 0 Å². The number of aromatic nitrogens is 2. The van der Waals surface area contributed by atoms with E-state index in [9.17, 15) is 12.8 Å². The van der Waals surface area contributed by atoms with Gasteiger partial charge in [-0.25, -0.2) is 17.8 Å². The number of halogens is 1. The fraction of sp³-hybridized carbons (Fsp3) is 0.188. The largest absolute Gasteiger partial charge is 0.346 e. The van der Waals surface area contributed by atoms with Gasteiger partial charge in [0.05, 0.1) is 10.6 Å². The second-order valence-electron chi connectivity index (χ2n) is 5.10. The molecule has 0 atom stereocenters. The molecule has 4 nitrogen and oxygen atoms in total. The van der Waals surface area contributed by atoms with E-state index in [1.165, 1.54) is 18.2 Å². The quantitative estimate of drug-likeness (QED) is 0.752. The van der Waals surface area contributed by atoms with Crippen LogP contribution in [0.5, 0.6) is 0 Å². The van der Waals surface area contributed by atoms with Gasteiger partial charge in [-0.1, -0.05) is 6.92 Å². The molecule has 0 radical (unpaired) electrons. The van der Waals surface area contributed by atoms with Crippen molar-refractivity contribution in [1.29, 1.82) is 0 Å². The molecule has 1 N–H and O–H groups in total. The molecule has 0 bridgehead atoms. The van der Waals surface area contributed by atoms with Gasteiger partial charge in [-0.15, -0.1) is 0 Å². The molecule has 0 amide bonds. The van der Waals surface area contributed by atoms with Crippen molar-refractivity contribution in [3.63, 3.8) is 0 Å². The first-order valence-corrected chi connectivity index (χ1v) is 8.55. The monoisotopic (exact) mass is 318 g/mol. The highest BCUT2D eigenvalue weighted by Crippen LogP contribution is 2.32. The predicted molar refractivity (Wildman–Crippen MR) is 84.0 cm³/mol. The minimum Gasteiger partial charge on any atom is -0.346 e. The molecule has 0 fully saturated rings. The number of nitrogens with zero attached hydrogens (tertiary/aromatic N) is 1. The van der Waals surface area contributed by atoms with Crippen molar-refractivity contribution in [1.82, 2.24) is 9.97 Å². The topological polar surface area (TPSA) is 62.8 Å². The van der Waals surface area contributed by atoms with Crippen molar-refractivity contribution in [2.24, 2.45) is 0 Å². The molecule has 2 heterocycles. The number of hydrogen-bond donors (Lipinski definition) is 1. The summed E-state index contributed by atoms with van der Waals surface area (Å²) in [6.45, 7) is 3.38. The van der Waals surface area contributed by atoms with Crippen LogP contribution in [0.1, 0.15) is 12.6 Å². The number of hydrogen-bond acceptors (Lipinski definition) is 3. The zero-order valence-corrected chi connectivity index (χ0v) is 13.0. The molecule has 6 heteroatoms. The Bertz CT molecular complexity index is 961. The van der Waals surface area contributed by atoms with Crippen LogP contribution in [0.25, 0.3) is 22.2 Å². The van der Waals surface area contributed by atoms with E-state index in [1.807, 2.05) is 6.92 Å². The molecule has 0 aliphatic heterocycles. The molecular weight excluding hydrogens is 303 g/mol. The number of aryl methyl sites for hydroxylation is 1. The maximum absolute atomic E-state index is 14.3. The first kappa shape index (κ1) is 14.7. The summed E-state index contributed by atoms with van der Waals surface area (Å²) < 4.78 is 38.4. The third-order valence-corrected chi connectivity index (χ3v) is 5.36. The fourth-order valence-corrected chi connectivity index (χ4v) is 3.37. The number of rotatable bonds is 3. The van der Waals surface area contributed by atoms with Crippen LogP contribution in [0, 0.1) is 12.7 Å². The standard InChI is InChI=1S/C16H15FN2O2S/c1-3-22(20,21)11-4-5-15(17)14(9-11)13-8-10(2)19-16-12(13)6-7-18-16/h4-9H,3H2,1-2H3,(H,18,19). The van der Waals surface area contributed by atoms with E-state index in [1.54, 1.807) is 25.3 Å². The second-order valence-corrected chi connectivity index (χ2v) is 7.37. The molecule has 0 unspecified atom stereocenters. The number of pyridine rings is 1. The molecule has 3 rings (SSSR count). The Kier molecular flexibility index (Phi) is 3.48. The first-order valence-electron chi connectivity index (χ1n) is 6.90. The molecule has 0 spiro atoms.